The van der Waals surface area contributed by atoms with Crippen LogP contribution in [0, 0.1) is 13.8 Å². The second-order valence-electron chi connectivity index (χ2n) is 3.28. The van der Waals surface area contributed by atoms with E-state index in [4.69, 9.17) is 4.42 Å². The molecule has 0 amide bonds. The van der Waals surface area contributed by atoms with Crippen LogP contribution in [-0.4, -0.2) is 0 Å². The fourth-order valence-corrected chi connectivity index (χ4v) is 1.39. The minimum Gasteiger partial charge on any atom is -0.461 e. The predicted octanol–water partition coefficient (Wildman–Crippen LogP) is 3.56. The van der Waals surface area contributed by atoms with Crippen molar-refractivity contribution in [1.29, 1.82) is 0 Å². The predicted molar refractivity (Wildman–Crippen MR) is 53.6 cm³/mol. The summed E-state index contributed by atoms with van der Waals surface area (Å²) in [6.45, 7) is 4.04. The van der Waals surface area contributed by atoms with Crippen LogP contribution < -0.4 is 0 Å². The number of furan rings is 1. The molecule has 66 valence electrons. The molecular formula is C12H12O. The molecule has 0 atom stereocenters. The van der Waals surface area contributed by atoms with E-state index in [1.165, 1.54) is 5.56 Å². The molecule has 0 N–H and O–H groups in total. The summed E-state index contributed by atoms with van der Waals surface area (Å²) in [7, 11) is 0. The fourth-order valence-electron chi connectivity index (χ4n) is 1.39. The number of hydrogen-bond acceptors (Lipinski definition) is 1. The Balaban J connectivity index is 2.46. The first kappa shape index (κ1) is 8.11. The highest BCUT2D eigenvalue weighted by Gasteiger charge is 2.01. The lowest BCUT2D eigenvalue weighted by molar-refractivity contribution is 0.548. The first-order valence-corrected chi connectivity index (χ1v) is 4.39. The molecule has 0 aliphatic rings. The van der Waals surface area contributed by atoms with Crippen molar-refractivity contribution in [1.82, 2.24) is 0 Å². The molecule has 0 spiro atoms. The molecule has 1 aromatic heterocycles. The molecule has 0 unspecified atom stereocenters. The van der Waals surface area contributed by atoms with Gasteiger partial charge in [-0.2, -0.15) is 0 Å². The number of hydrogen-bond donors (Lipinski definition) is 0. The van der Waals surface area contributed by atoms with Gasteiger partial charge in [0, 0.05) is 5.56 Å². The molecular weight excluding hydrogens is 160 g/mol. The van der Waals surface area contributed by atoms with E-state index in [0.29, 0.717) is 0 Å². The van der Waals surface area contributed by atoms with Crippen LogP contribution in [0.4, 0.5) is 0 Å². The Hall–Kier alpha value is -1.50. The number of benzene rings is 1. The molecule has 0 saturated carbocycles. The van der Waals surface area contributed by atoms with Gasteiger partial charge in [-0.05, 0) is 32.0 Å². The van der Waals surface area contributed by atoms with Crippen LogP contribution in [0.25, 0.3) is 11.3 Å². The van der Waals surface area contributed by atoms with Crippen LogP contribution in [0.3, 0.4) is 0 Å². The highest BCUT2D eigenvalue weighted by Crippen LogP contribution is 2.22. The molecule has 0 aliphatic carbocycles. The summed E-state index contributed by atoms with van der Waals surface area (Å²) in [6.07, 6.45) is 0. The minimum atomic E-state index is 0.946. The Morgan fingerprint density at radius 1 is 1.00 bits per heavy atom. The molecule has 0 aliphatic heterocycles. The van der Waals surface area contributed by atoms with Crippen LogP contribution in [0.1, 0.15) is 11.3 Å². The maximum absolute atomic E-state index is 5.52. The average Bonchev–Trinajstić information content (AvgIpc) is 2.52. The zero-order chi connectivity index (χ0) is 9.26. The summed E-state index contributed by atoms with van der Waals surface area (Å²) in [4.78, 5) is 0. The molecule has 2 aromatic rings. The van der Waals surface area contributed by atoms with E-state index in [2.05, 4.69) is 25.1 Å². The average molecular weight is 172 g/mol. The van der Waals surface area contributed by atoms with Gasteiger partial charge >= 0.3 is 0 Å². The lowest BCUT2D eigenvalue weighted by atomic mass is 10.1. The van der Waals surface area contributed by atoms with E-state index in [9.17, 15) is 0 Å². The topological polar surface area (TPSA) is 13.1 Å². The summed E-state index contributed by atoms with van der Waals surface area (Å²) in [5.41, 5.74) is 2.40. The van der Waals surface area contributed by atoms with E-state index >= 15 is 0 Å². The van der Waals surface area contributed by atoms with E-state index in [1.807, 2.05) is 25.1 Å². The Morgan fingerprint density at radius 3 is 2.46 bits per heavy atom. The first-order valence-electron chi connectivity index (χ1n) is 4.39. The minimum absolute atomic E-state index is 0.946. The number of aryl methyl sites for hydroxylation is 2. The smallest absolute Gasteiger partial charge is 0.134 e. The van der Waals surface area contributed by atoms with Gasteiger partial charge in [-0.1, -0.05) is 23.8 Å². The third-order valence-electron chi connectivity index (χ3n) is 2.04. The van der Waals surface area contributed by atoms with Crippen molar-refractivity contribution in [2.45, 2.75) is 13.8 Å². The van der Waals surface area contributed by atoms with Gasteiger partial charge in [-0.15, -0.1) is 0 Å². The Kier molecular flexibility index (Phi) is 1.93. The number of rotatable bonds is 1. The van der Waals surface area contributed by atoms with Crippen molar-refractivity contribution >= 4 is 0 Å². The molecule has 1 heteroatoms. The van der Waals surface area contributed by atoms with Gasteiger partial charge in [0.05, 0.1) is 0 Å². The zero-order valence-electron chi connectivity index (χ0n) is 7.87. The SMILES string of the molecule is Cc1cccc(-c2ccc(C)o2)c1. The molecule has 1 heterocycles. The summed E-state index contributed by atoms with van der Waals surface area (Å²) in [5.74, 6) is 1.90. The van der Waals surface area contributed by atoms with Crippen LogP contribution in [0.2, 0.25) is 0 Å². The van der Waals surface area contributed by atoms with Crippen LogP contribution in [0.15, 0.2) is 40.8 Å². The maximum atomic E-state index is 5.52. The van der Waals surface area contributed by atoms with Gasteiger partial charge in [0.1, 0.15) is 11.5 Å². The van der Waals surface area contributed by atoms with Gasteiger partial charge < -0.3 is 4.42 Å². The van der Waals surface area contributed by atoms with Crippen LogP contribution in [-0.2, 0) is 0 Å². The Bertz CT molecular complexity index is 413. The van der Waals surface area contributed by atoms with Gasteiger partial charge in [0.25, 0.3) is 0 Å². The van der Waals surface area contributed by atoms with Crippen molar-refractivity contribution in [3.05, 3.63) is 47.7 Å². The lowest BCUT2D eigenvalue weighted by Gasteiger charge is -1.97. The van der Waals surface area contributed by atoms with Crippen molar-refractivity contribution in [2.75, 3.05) is 0 Å². The van der Waals surface area contributed by atoms with Crippen LogP contribution >= 0.6 is 0 Å². The zero-order valence-corrected chi connectivity index (χ0v) is 7.87. The van der Waals surface area contributed by atoms with Gasteiger partial charge in [-0.3, -0.25) is 0 Å². The second-order valence-corrected chi connectivity index (χ2v) is 3.28. The van der Waals surface area contributed by atoms with E-state index in [1.54, 1.807) is 0 Å². The molecule has 0 radical (unpaired) electrons. The molecule has 13 heavy (non-hydrogen) atoms. The quantitative estimate of drug-likeness (QED) is 0.641. The van der Waals surface area contributed by atoms with E-state index < -0.39 is 0 Å². The molecule has 0 bridgehead atoms. The molecule has 2 rings (SSSR count). The fraction of sp³-hybridized carbons (Fsp3) is 0.167. The molecule has 0 saturated heterocycles. The largest absolute Gasteiger partial charge is 0.461 e. The standard InChI is InChI=1S/C12H12O/c1-9-4-3-5-11(8-9)12-7-6-10(2)13-12/h3-8H,1-2H3. The molecule has 1 aromatic carbocycles. The van der Waals surface area contributed by atoms with Crippen molar-refractivity contribution in [3.8, 4) is 11.3 Å². The Labute approximate surface area is 78.0 Å². The van der Waals surface area contributed by atoms with Crippen molar-refractivity contribution in [2.24, 2.45) is 0 Å². The van der Waals surface area contributed by atoms with Gasteiger partial charge in [-0.25, -0.2) is 0 Å². The molecule has 1 nitrogen and oxygen atoms in total. The van der Waals surface area contributed by atoms with Gasteiger partial charge in [0.2, 0.25) is 0 Å². The van der Waals surface area contributed by atoms with Crippen LogP contribution in [0.5, 0.6) is 0 Å². The normalized spacial score (nSPS) is 10.3. The molecule has 0 fully saturated rings. The summed E-state index contributed by atoms with van der Waals surface area (Å²) in [5, 5.41) is 0. The highest BCUT2D eigenvalue weighted by atomic mass is 16.3. The summed E-state index contributed by atoms with van der Waals surface area (Å²) < 4.78 is 5.52. The lowest BCUT2D eigenvalue weighted by Crippen LogP contribution is -1.75. The highest BCUT2D eigenvalue weighted by molar-refractivity contribution is 5.58. The monoisotopic (exact) mass is 172 g/mol. The van der Waals surface area contributed by atoms with Gasteiger partial charge in [0.15, 0.2) is 0 Å². The second kappa shape index (κ2) is 3.09. The van der Waals surface area contributed by atoms with Crippen molar-refractivity contribution in [3.63, 3.8) is 0 Å². The third kappa shape index (κ3) is 1.64. The Morgan fingerprint density at radius 2 is 1.85 bits per heavy atom. The van der Waals surface area contributed by atoms with Crippen molar-refractivity contribution < 1.29 is 4.42 Å². The van der Waals surface area contributed by atoms with E-state index in [0.717, 1.165) is 17.1 Å². The van der Waals surface area contributed by atoms with E-state index in [-0.39, 0.29) is 0 Å². The summed E-state index contributed by atoms with van der Waals surface area (Å²) in [6, 6.07) is 12.3. The summed E-state index contributed by atoms with van der Waals surface area (Å²) >= 11 is 0. The maximum Gasteiger partial charge on any atom is 0.134 e. The third-order valence-corrected chi connectivity index (χ3v) is 2.04. The first-order chi connectivity index (χ1) is 6.25.